The third-order valence-electron chi connectivity index (χ3n) is 2.12. The summed E-state index contributed by atoms with van der Waals surface area (Å²) in [6.45, 7) is 6.50. The quantitative estimate of drug-likeness (QED) is 0.568. The molecule has 1 aromatic carbocycles. The van der Waals surface area contributed by atoms with Crippen LogP contribution in [0.2, 0.25) is 0 Å². The zero-order valence-corrected chi connectivity index (χ0v) is 13.2. The maximum Gasteiger partial charge on any atom is 0.128 e. The zero-order chi connectivity index (χ0) is 14.8. The third kappa shape index (κ3) is 8.45. The molecule has 0 aliphatic heterocycles. The van der Waals surface area contributed by atoms with Crippen molar-refractivity contribution in [3.63, 3.8) is 0 Å². The van der Waals surface area contributed by atoms with Gasteiger partial charge in [0.2, 0.25) is 0 Å². The van der Waals surface area contributed by atoms with Crippen molar-refractivity contribution in [2.75, 3.05) is 5.88 Å². The monoisotopic (exact) mass is 309 g/mol. The van der Waals surface area contributed by atoms with Crippen molar-refractivity contribution in [2.45, 2.75) is 39.7 Å². The Morgan fingerprint density at radius 1 is 1.26 bits per heavy atom. The van der Waals surface area contributed by atoms with Crippen LogP contribution in [0.5, 0.6) is 0 Å². The van der Waals surface area contributed by atoms with E-state index in [0.29, 0.717) is 12.3 Å². The van der Waals surface area contributed by atoms with Crippen molar-refractivity contribution < 1.29 is 8.78 Å². The average Bonchev–Trinajstić information content (AvgIpc) is 2.33. The molecular weight excluding hydrogens is 288 g/mol. The molecular formula is C14H22ClF2NS. The van der Waals surface area contributed by atoms with E-state index < -0.39 is 11.6 Å². The SMILES string of the molecule is CC(C)C.Fc1ccc(F)c(C(CCCCl)NS)c1. The predicted octanol–water partition coefficient (Wildman–Crippen LogP) is 5.12. The smallest absolute Gasteiger partial charge is 0.128 e. The van der Waals surface area contributed by atoms with Crippen molar-refractivity contribution in [2.24, 2.45) is 5.92 Å². The van der Waals surface area contributed by atoms with Gasteiger partial charge in [0.25, 0.3) is 0 Å². The van der Waals surface area contributed by atoms with Crippen LogP contribution in [0, 0.1) is 17.6 Å². The minimum absolute atomic E-state index is 0.287. The first-order valence-corrected chi connectivity index (χ1v) is 7.31. The number of benzene rings is 1. The van der Waals surface area contributed by atoms with Gasteiger partial charge in [-0.05, 0) is 37.0 Å². The molecule has 0 radical (unpaired) electrons. The molecule has 0 heterocycles. The summed E-state index contributed by atoms with van der Waals surface area (Å²) in [5.41, 5.74) is 0.287. The summed E-state index contributed by atoms with van der Waals surface area (Å²) in [7, 11) is 0. The van der Waals surface area contributed by atoms with E-state index in [-0.39, 0.29) is 11.6 Å². The fraction of sp³-hybridized carbons (Fsp3) is 0.571. The number of halogens is 3. The normalized spacial score (nSPS) is 12.0. The lowest BCUT2D eigenvalue weighted by Gasteiger charge is -2.15. The van der Waals surface area contributed by atoms with E-state index in [9.17, 15) is 8.78 Å². The third-order valence-corrected chi connectivity index (χ3v) is 2.69. The van der Waals surface area contributed by atoms with Gasteiger partial charge in [-0.3, -0.25) is 4.72 Å². The number of nitrogens with one attached hydrogen (secondary N) is 1. The minimum atomic E-state index is -0.453. The van der Waals surface area contributed by atoms with Crippen LogP contribution in [0.15, 0.2) is 18.2 Å². The minimum Gasteiger partial charge on any atom is -0.259 e. The van der Waals surface area contributed by atoms with E-state index >= 15 is 0 Å². The molecule has 5 heteroatoms. The van der Waals surface area contributed by atoms with Crippen molar-refractivity contribution in [3.05, 3.63) is 35.4 Å². The lowest BCUT2D eigenvalue weighted by molar-refractivity contribution is 0.531. The van der Waals surface area contributed by atoms with Gasteiger partial charge in [0, 0.05) is 17.5 Å². The Kier molecular flexibility index (Phi) is 10.3. The van der Waals surface area contributed by atoms with Crippen LogP contribution >= 0.6 is 24.4 Å². The molecule has 1 unspecified atom stereocenters. The number of thiol groups is 1. The summed E-state index contributed by atoms with van der Waals surface area (Å²) >= 11 is 9.44. The Morgan fingerprint density at radius 3 is 2.32 bits per heavy atom. The molecule has 1 nitrogen and oxygen atoms in total. The molecule has 1 N–H and O–H groups in total. The highest BCUT2D eigenvalue weighted by atomic mass is 35.5. The Bertz CT molecular complexity index is 359. The van der Waals surface area contributed by atoms with Gasteiger partial charge in [-0.25, -0.2) is 8.78 Å². The predicted molar refractivity (Wildman–Crippen MR) is 81.7 cm³/mol. The van der Waals surface area contributed by atoms with Gasteiger partial charge in [-0.15, -0.1) is 11.6 Å². The van der Waals surface area contributed by atoms with E-state index in [4.69, 9.17) is 11.6 Å². The Morgan fingerprint density at radius 2 is 1.84 bits per heavy atom. The molecule has 0 fully saturated rings. The Labute approximate surface area is 125 Å². The van der Waals surface area contributed by atoms with Gasteiger partial charge in [-0.2, -0.15) is 0 Å². The highest BCUT2D eigenvalue weighted by Crippen LogP contribution is 2.23. The van der Waals surface area contributed by atoms with Gasteiger partial charge in [0.1, 0.15) is 11.6 Å². The molecule has 1 rings (SSSR count). The summed E-state index contributed by atoms with van der Waals surface area (Å²) in [5, 5.41) is 0. The fourth-order valence-corrected chi connectivity index (χ4v) is 1.78. The average molecular weight is 310 g/mol. The standard InChI is InChI=1S/C10H12ClF2NS.C4H10/c11-5-1-2-10(14-15)8-6-7(12)3-4-9(8)13;1-4(2)3/h3-4,6,10,14-15H,1-2,5H2;4H,1-3H3. The summed E-state index contributed by atoms with van der Waals surface area (Å²) in [4.78, 5) is 0. The van der Waals surface area contributed by atoms with Gasteiger partial charge < -0.3 is 0 Å². The highest BCUT2D eigenvalue weighted by molar-refractivity contribution is 7.78. The van der Waals surface area contributed by atoms with Gasteiger partial charge in [0.15, 0.2) is 0 Å². The van der Waals surface area contributed by atoms with E-state index in [1.54, 1.807) is 0 Å². The second kappa shape index (κ2) is 10.5. The topological polar surface area (TPSA) is 12.0 Å². The molecule has 0 bridgehead atoms. The first-order chi connectivity index (χ1) is 8.92. The van der Waals surface area contributed by atoms with Crippen LogP contribution in [0.3, 0.4) is 0 Å². The van der Waals surface area contributed by atoms with Crippen LogP contribution in [0.25, 0.3) is 0 Å². The summed E-state index contributed by atoms with van der Waals surface area (Å²) < 4.78 is 28.9. The van der Waals surface area contributed by atoms with E-state index in [2.05, 4.69) is 38.3 Å². The second-order valence-electron chi connectivity index (χ2n) is 4.91. The number of rotatable bonds is 5. The lowest BCUT2D eigenvalue weighted by Crippen LogP contribution is -2.13. The molecule has 0 aromatic heterocycles. The van der Waals surface area contributed by atoms with Crippen molar-refractivity contribution in [3.8, 4) is 0 Å². The number of hydrogen-bond acceptors (Lipinski definition) is 2. The zero-order valence-electron chi connectivity index (χ0n) is 11.6. The van der Waals surface area contributed by atoms with Gasteiger partial charge in [-0.1, -0.05) is 33.6 Å². The molecule has 1 aromatic rings. The molecule has 0 aliphatic rings. The molecule has 1 atom stereocenters. The summed E-state index contributed by atoms with van der Waals surface area (Å²) in [6, 6.07) is 3.07. The molecule has 0 aliphatic carbocycles. The second-order valence-corrected chi connectivity index (χ2v) is 5.55. The van der Waals surface area contributed by atoms with Gasteiger partial charge in [0.05, 0.1) is 0 Å². The molecule has 0 saturated heterocycles. The number of alkyl halides is 1. The van der Waals surface area contributed by atoms with Crippen LogP contribution < -0.4 is 4.72 Å². The maximum atomic E-state index is 13.4. The van der Waals surface area contributed by atoms with E-state index in [1.165, 1.54) is 6.07 Å². The fourth-order valence-electron chi connectivity index (χ4n) is 1.35. The van der Waals surface area contributed by atoms with Crippen LogP contribution in [-0.2, 0) is 0 Å². The first-order valence-electron chi connectivity index (χ1n) is 6.32. The van der Waals surface area contributed by atoms with Crippen LogP contribution in [-0.4, -0.2) is 5.88 Å². The molecule has 0 saturated carbocycles. The molecule has 0 amide bonds. The Hall–Kier alpha value is -0.320. The van der Waals surface area contributed by atoms with Crippen molar-refractivity contribution in [1.82, 2.24) is 4.72 Å². The largest absolute Gasteiger partial charge is 0.259 e. The Balaban J connectivity index is 0.000000711. The highest BCUT2D eigenvalue weighted by Gasteiger charge is 2.14. The summed E-state index contributed by atoms with van der Waals surface area (Å²) in [5.74, 6) is 0.437. The van der Waals surface area contributed by atoms with Crippen molar-refractivity contribution in [1.29, 1.82) is 0 Å². The van der Waals surface area contributed by atoms with E-state index in [0.717, 1.165) is 24.5 Å². The summed E-state index contributed by atoms with van der Waals surface area (Å²) in [6.07, 6.45) is 1.34. The molecule has 19 heavy (non-hydrogen) atoms. The van der Waals surface area contributed by atoms with Crippen LogP contribution in [0.4, 0.5) is 8.78 Å². The molecule has 110 valence electrons. The maximum absolute atomic E-state index is 13.4. The lowest BCUT2D eigenvalue weighted by atomic mass is 10.0. The van der Waals surface area contributed by atoms with Crippen molar-refractivity contribution >= 4 is 24.4 Å². The van der Waals surface area contributed by atoms with Gasteiger partial charge >= 0.3 is 0 Å². The molecule has 0 spiro atoms. The first kappa shape index (κ1) is 18.7. The number of hydrogen-bond donors (Lipinski definition) is 2. The van der Waals surface area contributed by atoms with E-state index in [1.807, 2.05) is 0 Å². The van der Waals surface area contributed by atoms with Crippen LogP contribution in [0.1, 0.15) is 45.2 Å².